The van der Waals surface area contributed by atoms with E-state index in [0.29, 0.717) is 6.04 Å². The van der Waals surface area contributed by atoms with E-state index >= 15 is 0 Å². The molecule has 0 radical (unpaired) electrons. The minimum absolute atomic E-state index is 0.621. The van der Waals surface area contributed by atoms with Gasteiger partial charge in [0.15, 0.2) is 0 Å². The third-order valence-electron chi connectivity index (χ3n) is 2.20. The molecule has 10 heavy (non-hydrogen) atoms. The van der Waals surface area contributed by atoms with Crippen molar-refractivity contribution in [3.8, 4) is 0 Å². The highest BCUT2D eigenvalue weighted by Crippen LogP contribution is 2.31. The second-order valence-electron chi connectivity index (χ2n) is 2.74. The van der Waals surface area contributed by atoms with Crippen molar-refractivity contribution < 1.29 is 0 Å². The molecule has 0 saturated carbocycles. The molecular weight excluding hydrogens is 122 g/mol. The Labute approximate surface area is 61.1 Å². The van der Waals surface area contributed by atoms with Gasteiger partial charge in [-0.1, -0.05) is 24.3 Å². The zero-order chi connectivity index (χ0) is 6.97. The van der Waals surface area contributed by atoms with Gasteiger partial charge >= 0.3 is 0 Å². The second-order valence-corrected chi connectivity index (χ2v) is 2.74. The van der Waals surface area contributed by atoms with Crippen molar-refractivity contribution >= 4 is 0 Å². The molecule has 0 saturated heterocycles. The van der Waals surface area contributed by atoms with Gasteiger partial charge in [-0.25, -0.2) is 0 Å². The lowest BCUT2D eigenvalue weighted by Gasteiger charge is -2.29. The van der Waals surface area contributed by atoms with Crippen LogP contribution in [0.1, 0.15) is 17.2 Å². The Morgan fingerprint density at radius 1 is 1.40 bits per heavy atom. The van der Waals surface area contributed by atoms with Gasteiger partial charge in [-0.2, -0.15) is 0 Å². The molecule has 1 aliphatic rings. The van der Waals surface area contributed by atoms with Gasteiger partial charge in [0.25, 0.3) is 0 Å². The molecule has 1 atom stereocenters. The predicted molar refractivity (Wildman–Crippen MR) is 41.9 cm³/mol. The molecule has 1 N–H and O–H groups in total. The smallest absolute Gasteiger partial charge is 0.0361 e. The molecule has 0 fully saturated rings. The molecule has 1 unspecified atom stereocenters. The van der Waals surface area contributed by atoms with E-state index in [1.54, 1.807) is 0 Å². The van der Waals surface area contributed by atoms with Crippen LogP contribution in [0.25, 0.3) is 0 Å². The Bertz CT molecular complexity index is 242. The van der Waals surface area contributed by atoms with E-state index < -0.39 is 0 Å². The summed E-state index contributed by atoms with van der Waals surface area (Å²) in [7, 11) is 2.01. The van der Waals surface area contributed by atoms with Gasteiger partial charge in [-0.15, -0.1) is 0 Å². The molecule has 1 nitrogen and oxygen atoms in total. The maximum Gasteiger partial charge on any atom is 0.0361 e. The number of likely N-dealkylation sites (N-methyl/N-ethyl adjacent to an activating group) is 1. The highest BCUT2D eigenvalue weighted by Gasteiger charge is 2.22. The van der Waals surface area contributed by atoms with Crippen LogP contribution in [0.15, 0.2) is 24.3 Å². The molecule has 0 heterocycles. The van der Waals surface area contributed by atoms with E-state index in [1.807, 2.05) is 7.05 Å². The van der Waals surface area contributed by atoms with Gasteiger partial charge in [-0.05, 0) is 24.6 Å². The van der Waals surface area contributed by atoms with Crippen LogP contribution in [0.5, 0.6) is 0 Å². The number of hydrogen-bond acceptors (Lipinski definition) is 1. The first-order valence-corrected chi connectivity index (χ1v) is 3.67. The van der Waals surface area contributed by atoms with Crippen LogP contribution in [0.3, 0.4) is 0 Å². The van der Waals surface area contributed by atoms with Gasteiger partial charge in [0.1, 0.15) is 0 Å². The molecule has 52 valence electrons. The highest BCUT2D eigenvalue weighted by molar-refractivity contribution is 5.38. The SMILES string of the molecule is CNC1Cc2ccccc21. The van der Waals surface area contributed by atoms with Crippen molar-refractivity contribution in [2.45, 2.75) is 12.5 Å². The monoisotopic (exact) mass is 133 g/mol. The first kappa shape index (κ1) is 5.93. The third kappa shape index (κ3) is 0.673. The molecule has 0 bridgehead atoms. The Hall–Kier alpha value is -0.820. The number of nitrogens with one attached hydrogen (secondary N) is 1. The maximum absolute atomic E-state index is 3.26. The minimum atomic E-state index is 0.621. The fraction of sp³-hybridized carbons (Fsp3) is 0.333. The molecular formula is C9H11N. The van der Waals surface area contributed by atoms with Gasteiger partial charge in [0.05, 0.1) is 0 Å². The van der Waals surface area contributed by atoms with E-state index in [4.69, 9.17) is 0 Å². The molecule has 1 aromatic carbocycles. The number of benzene rings is 1. The van der Waals surface area contributed by atoms with Crippen LogP contribution < -0.4 is 5.32 Å². The Morgan fingerprint density at radius 2 is 2.20 bits per heavy atom. The molecule has 1 aromatic rings. The van der Waals surface area contributed by atoms with E-state index in [0.717, 1.165) is 0 Å². The highest BCUT2D eigenvalue weighted by atomic mass is 14.9. The molecule has 1 heteroatoms. The van der Waals surface area contributed by atoms with Crippen LogP contribution in [0, 0.1) is 0 Å². The first-order valence-electron chi connectivity index (χ1n) is 3.67. The topological polar surface area (TPSA) is 12.0 Å². The van der Waals surface area contributed by atoms with Gasteiger partial charge < -0.3 is 5.32 Å². The van der Waals surface area contributed by atoms with Crippen LogP contribution in [-0.4, -0.2) is 7.05 Å². The molecule has 2 rings (SSSR count). The fourth-order valence-corrected chi connectivity index (χ4v) is 1.52. The van der Waals surface area contributed by atoms with Crippen molar-refractivity contribution in [3.63, 3.8) is 0 Å². The molecule has 0 aromatic heterocycles. The summed E-state index contributed by atoms with van der Waals surface area (Å²) in [5.74, 6) is 0. The number of hydrogen-bond donors (Lipinski definition) is 1. The molecule has 1 aliphatic carbocycles. The number of fused-ring (bicyclic) bond motifs is 1. The zero-order valence-corrected chi connectivity index (χ0v) is 6.09. The van der Waals surface area contributed by atoms with Crippen molar-refractivity contribution in [3.05, 3.63) is 35.4 Å². The summed E-state index contributed by atoms with van der Waals surface area (Å²) in [4.78, 5) is 0. The lowest BCUT2D eigenvalue weighted by atomic mass is 9.84. The Kier molecular flexibility index (Phi) is 1.24. The van der Waals surface area contributed by atoms with Gasteiger partial charge in [0, 0.05) is 6.04 Å². The third-order valence-corrected chi connectivity index (χ3v) is 2.20. The zero-order valence-electron chi connectivity index (χ0n) is 6.09. The summed E-state index contributed by atoms with van der Waals surface area (Å²) in [6.45, 7) is 0. The Morgan fingerprint density at radius 3 is 2.90 bits per heavy atom. The summed E-state index contributed by atoms with van der Waals surface area (Å²) in [5.41, 5.74) is 2.98. The normalized spacial score (nSPS) is 21.5. The van der Waals surface area contributed by atoms with Crippen LogP contribution in [0.2, 0.25) is 0 Å². The van der Waals surface area contributed by atoms with Gasteiger partial charge in [-0.3, -0.25) is 0 Å². The lowest BCUT2D eigenvalue weighted by Crippen LogP contribution is -2.27. The summed E-state index contributed by atoms with van der Waals surface area (Å²) in [6.07, 6.45) is 1.20. The maximum atomic E-state index is 3.26. The Balaban J connectivity index is 2.34. The van der Waals surface area contributed by atoms with E-state index in [1.165, 1.54) is 17.5 Å². The van der Waals surface area contributed by atoms with Crippen LogP contribution in [0.4, 0.5) is 0 Å². The summed E-state index contributed by atoms with van der Waals surface area (Å²) >= 11 is 0. The van der Waals surface area contributed by atoms with Crippen molar-refractivity contribution in [1.82, 2.24) is 5.32 Å². The van der Waals surface area contributed by atoms with E-state index in [2.05, 4.69) is 29.6 Å². The van der Waals surface area contributed by atoms with E-state index in [9.17, 15) is 0 Å². The average molecular weight is 133 g/mol. The van der Waals surface area contributed by atoms with Crippen molar-refractivity contribution in [2.75, 3.05) is 7.05 Å². The fourth-order valence-electron chi connectivity index (χ4n) is 1.52. The first-order chi connectivity index (χ1) is 4.92. The van der Waals surface area contributed by atoms with Crippen LogP contribution >= 0.6 is 0 Å². The standard InChI is InChI=1S/C9H11N/c1-10-9-6-7-4-2-3-5-8(7)9/h2-5,9-10H,6H2,1H3. The summed E-state index contributed by atoms with van der Waals surface area (Å²) in [5, 5.41) is 3.26. The van der Waals surface area contributed by atoms with Crippen molar-refractivity contribution in [2.24, 2.45) is 0 Å². The average Bonchev–Trinajstić information content (AvgIpc) is 1.92. The van der Waals surface area contributed by atoms with Crippen LogP contribution in [-0.2, 0) is 6.42 Å². The second kappa shape index (κ2) is 2.10. The number of rotatable bonds is 1. The summed E-state index contributed by atoms with van der Waals surface area (Å²) in [6, 6.07) is 9.21. The molecule has 0 amide bonds. The van der Waals surface area contributed by atoms with E-state index in [-0.39, 0.29) is 0 Å². The summed E-state index contributed by atoms with van der Waals surface area (Å²) < 4.78 is 0. The predicted octanol–water partition coefficient (Wildman–Crippen LogP) is 1.50. The molecule has 0 spiro atoms. The largest absolute Gasteiger partial charge is 0.313 e. The van der Waals surface area contributed by atoms with Crippen molar-refractivity contribution in [1.29, 1.82) is 0 Å². The quantitative estimate of drug-likeness (QED) is 0.612. The van der Waals surface area contributed by atoms with Gasteiger partial charge in [0.2, 0.25) is 0 Å². The minimum Gasteiger partial charge on any atom is -0.313 e. The molecule has 0 aliphatic heterocycles. The lowest BCUT2D eigenvalue weighted by molar-refractivity contribution is 0.530.